The van der Waals surface area contributed by atoms with Crippen LogP contribution in [-0.2, 0) is 23.0 Å². The zero-order valence-corrected chi connectivity index (χ0v) is 22.5. The third-order valence-corrected chi connectivity index (χ3v) is 7.82. The Morgan fingerprint density at radius 3 is 2.55 bits per heavy atom. The molecule has 4 aliphatic rings. The molecule has 2 aromatic heterocycles. The molecule has 3 aliphatic heterocycles. The van der Waals surface area contributed by atoms with Crippen molar-refractivity contribution in [3.63, 3.8) is 0 Å². The van der Waals surface area contributed by atoms with Crippen LogP contribution < -0.4 is 9.80 Å². The number of amidine groups is 1. The smallest absolute Gasteiger partial charge is 0.235 e. The number of likely N-dealkylation sites (tertiary alicyclic amines) is 1. The van der Waals surface area contributed by atoms with Crippen LogP contribution in [0.4, 0.5) is 11.8 Å². The Bertz CT molecular complexity index is 1320. The molecule has 0 spiro atoms. The molecule has 2 unspecified atom stereocenters. The summed E-state index contributed by atoms with van der Waals surface area (Å²) in [6, 6.07) is -0.181. The lowest BCUT2D eigenvalue weighted by Crippen LogP contribution is -2.52. The Hall–Kier alpha value is -3.31. The van der Waals surface area contributed by atoms with Crippen LogP contribution in [-0.4, -0.2) is 98.8 Å². The van der Waals surface area contributed by atoms with Gasteiger partial charge in [-0.05, 0) is 6.92 Å². The maximum absolute atomic E-state index is 12.3. The van der Waals surface area contributed by atoms with E-state index in [2.05, 4.69) is 15.5 Å². The van der Waals surface area contributed by atoms with Gasteiger partial charge in [-0.3, -0.25) is 14.7 Å². The summed E-state index contributed by atoms with van der Waals surface area (Å²) in [5.41, 5.74) is 1.53. The standard InChI is InChI=1S/C27H36N8O3/c1-16(2)26(37)34-14-18(15-34)13-21-29-22-24(32(21)4)30-27(31-25(22)33-9-11-38-12-10-33)35-20-8-6-5-7-19(20)28-23(35)17(3)36/h5-8,16-20,36H,9-15H2,1-4H3/t17-,19?,20?/m1/s1. The monoisotopic (exact) mass is 520 g/mol. The Morgan fingerprint density at radius 2 is 1.84 bits per heavy atom. The molecule has 0 bridgehead atoms. The van der Waals surface area contributed by atoms with Crippen molar-refractivity contribution in [3.8, 4) is 0 Å². The predicted molar refractivity (Wildman–Crippen MR) is 145 cm³/mol. The minimum absolute atomic E-state index is 0.0197. The van der Waals surface area contributed by atoms with Crippen LogP contribution >= 0.6 is 0 Å². The summed E-state index contributed by atoms with van der Waals surface area (Å²) in [6.07, 6.45) is 8.13. The number of anilines is 2. The first-order valence-corrected chi connectivity index (χ1v) is 13.6. The van der Waals surface area contributed by atoms with Crippen molar-refractivity contribution < 1.29 is 14.6 Å². The number of hydrogen-bond donors (Lipinski definition) is 1. The maximum atomic E-state index is 12.3. The number of carbonyl (C=O) groups is 1. The Kier molecular flexibility index (Phi) is 6.43. The number of amides is 1. The molecule has 6 rings (SSSR count). The summed E-state index contributed by atoms with van der Waals surface area (Å²) < 4.78 is 7.67. The van der Waals surface area contributed by atoms with Crippen LogP contribution in [0.2, 0.25) is 0 Å². The molecule has 2 fully saturated rings. The number of aromatic nitrogens is 4. The molecule has 38 heavy (non-hydrogen) atoms. The van der Waals surface area contributed by atoms with E-state index in [1.54, 1.807) is 6.92 Å². The highest BCUT2D eigenvalue weighted by Crippen LogP contribution is 2.33. The van der Waals surface area contributed by atoms with Gasteiger partial charge in [-0.2, -0.15) is 9.97 Å². The summed E-state index contributed by atoms with van der Waals surface area (Å²) in [7, 11) is 2.00. The van der Waals surface area contributed by atoms with E-state index in [-0.39, 0.29) is 23.9 Å². The number of morpholine rings is 1. The molecule has 11 heteroatoms. The van der Waals surface area contributed by atoms with Crippen LogP contribution in [0.15, 0.2) is 29.3 Å². The lowest BCUT2D eigenvalue weighted by atomic mass is 9.94. The van der Waals surface area contributed by atoms with Crippen molar-refractivity contribution in [2.75, 3.05) is 49.2 Å². The second-order valence-corrected chi connectivity index (χ2v) is 11.0. The molecule has 0 aromatic carbocycles. The number of aliphatic hydroxyl groups excluding tert-OH is 1. The summed E-state index contributed by atoms with van der Waals surface area (Å²) in [6.45, 7) is 9.84. The van der Waals surface area contributed by atoms with Gasteiger partial charge in [0.15, 0.2) is 17.0 Å². The number of hydrogen-bond acceptors (Lipinski definition) is 9. The lowest BCUT2D eigenvalue weighted by molar-refractivity contribution is -0.140. The normalized spacial score (nSPS) is 24.3. The lowest BCUT2D eigenvalue weighted by Gasteiger charge is -2.40. The van der Waals surface area contributed by atoms with Crippen molar-refractivity contribution in [1.82, 2.24) is 24.4 Å². The molecule has 2 saturated heterocycles. The number of fused-ring (bicyclic) bond motifs is 2. The van der Waals surface area contributed by atoms with E-state index in [1.807, 2.05) is 48.9 Å². The van der Waals surface area contributed by atoms with Gasteiger partial charge in [0.2, 0.25) is 11.9 Å². The van der Waals surface area contributed by atoms with Gasteiger partial charge in [0.25, 0.3) is 0 Å². The Balaban J connectivity index is 1.38. The molecule has 1 aliphatic carbocycles. The topological polar surface area (TPSA) is 112 Å². The van der Waals surface area contributed by atoms with Crippen LogP contribution in [0, 0.1) is 11.8 Å². The Labute approximate surface area is 222 Å². The molecule has 5 heterocycles. The summed E-state index contributed by atoms with van der Waals surface area (Å²) >= 11 is 0. The number of nitrogens with zero attached hydrogens (tertiary/aromatic N) is 8. The van der Waals surface area contributed by atoms with E-state index in [4.69, 9.17) is 24.7 Å². The van der Waals surface area contributed by atoms with E-state index in [9.17, 15) is 9.90 Å². The number of aliphatic hydroxyl groups is 1. The minimum atomic E-state index is -0.759. The van der Waals surface area contributed by atoms with Gasteiger partial charge in [-0.1, -0.05) is 38.2 Å². The molecule has 11 nitrogen and oxygen atoms in total. The van der Waals surface area contributed by atoms with Crippen LogP contribution in [0.3, 0.4) is 0 Å². The molecular formula is C27H36N8O3. The van der Waals surface area contributed by atoms with Gasteiger partial charge in [-0.15, -0.1) is 0 Å². The highest BCUT2D eigenvalue weighted by molar-refractivity contribution is 6.03. The third-order valence-electron chi connectivity index (χ3n) is 7.82. The van der Waals surface area contributed by atoms with Gasteiger partial charge in [0.1, 0.15) is 17.8 Å². The number of rotatable bonds is 6. The first kappa shape index (κ1) is 25.0. The summed E-state index contributed by atoms with van der Waals surface area (Å²) in [5, 5.41) is 10.6. The van der Waals surface area contributed by atoms with Gasteiger partial charge in [0.05, 0.1) is 25.3 Å². The van der Waals surface area contributed by atoms with Crippen LogP contribution in [0.5, 0.6) is 0 Å². The Morgan fingerprint density at radius 1 is 1.11 bits per heavy atom. The van der Waals surface area contributed by atoms with Crippen molar-refractivity contribution in [1.29, 1.82) is 0 Å². The van der Waals surface area contributed by atoms with Gasteiger partial charge in [-0.25, -0.2) is 4.98 Å². The fraction of sp³-hybridized carbons (Fsp3) is 0.593. The molecular weight excluding hydrogens is 484 g/mol. The highest BCUT2D eigenvalue weighted by Gasteiger charge is 2.39. The average molecular weight is 521 g/mol. The fourth-order valence-electron chi connectivity index (χ4n) is 5.72. The highest BCUT2D eigenvalue weighted by atomic mass is 16.5. The molecule has 3 atom stereocenters. The van der Waals surface area contributed by atoms with Crippen molar-refractivity contribution in [2.45, 2.75) is 45.4 Å². The van der Waals surface area contributed by atoms with E-state index in [0.717, 1.165) is 55.4 Å². The molecule has 2 aromatic rings. The summed E-state index contributed by atoms with van der Waals surface area (Å²) in [5.74, 6) is 3.40. The third kappa shape index (κ3) is 4.27. The molecule has 0 radical (unpaired) electrons. The zero-order valence-electron chi connectivity index (χ0n) is 22.5. The SMILES string of the molecule is CC(C)C(=O)N1CC(Cc2nc3c(N4CCOCC4)nc(N4C([C@@H](C)O)=NC5C=CC=CC54)nc3n2C)C1. The molecule has 1 amide bonds. The van der Waals surface area contributed by atoms with Crippen molar-refractivity contribution in [2.24, 2.45) is 23.9 Å². The van der Waals surface area contributed by atoms with Gasteiger partial charge in [0, 0.05) is 51.5 Å². The quantitative estimate of drug-likeness (QED) is 0.607. The fourth-order valence-corrected chi connectivity index (χ4v) is 5.72. The summed E-state index contributed by atoms with van der Waals surface area (Å²) in [4.78, 5) is 38.3. The molecule has 202 valence electrons. The molecule has 0 saturated carbocycles. The number of ether oxygens (including phenoxy) is 1. The average Bonchev–Trinajstić information content (AvgIpc) is 3.43. The first-order chi connectivity index (χ1) is 18.3. The number of carbonyl (C=O) groups excluding carboxylic acids is 1. The number of aliphatic imine (C=N–C) groups is 1. The largest absolute Gasteiger partial charge is 0.385 e. The van der Waals surface area contributed by atoms with Crippen molar-refractivity contribution >= 4 is 34.7 Å². The van der Waals surface area contributed by atoms with Crippen LogP contribution in [0.1, 0.15) is 26.6 Å². The van der Waals surface area contributed by atoms with Crippen molar-refractivity contribution in [3.05, 3.63) is 30.1 Å². The number of imidazole rings is 1. The number of aryl methyl sites for hydroxylation is 1. The minimum Gasteiger partial charge on any atom is -0.385 e. The van der Waals surface area contributed by atoms with Crippen LogP contribution in [0.25, 0.3) is 11.2 Å². The first-order valence-electron chi connectivity index (χ1n) is 13.6. The van der Waals surface area contributed by atoms with E-state index in [0.29, 0.717) is 30.9 Å². The zero-order chi connectivity index (χ0) is 26.6. The predicted octanol–water partition coefficient (Wildman–Crippen LogP) is 1.32. The van der Waals surface area contributed by atoms with E-state index >= 15 is 0 Å². The van der Waals surface area contributed by atoms with E-state index < -0.39 is 6.10 Å². The number of allylic oxidation sites excluding steroid dienone is 2. The van der Waals surface area contributed by atoms with Gasteiger partial charge >= 0.3 is 0 Å². The van der Waals surface area contributed by atoms with Gasteiger partial charge < -0.3 is 24.2 Å². The maximum Gasteiger partial charge on any atom is 0.235 e. The second-order valence-electron chi connectivity index (χ2n) is 11.0. The van der Waals surface area contributed by atoms with E-state index in [1.165, 1.54) is 0 Å². The second kappa shape index (κ2) is 9.77. The molecule has 1 N–H and O–H groups in total.